The van der Waals surface area contributed by atoms with Crippen molar-refractivity contribution in [3.8, 4) is 0 Å². The van der Waals surface area contributed by atoms with Crippen molar-refractivity contribution in [2.45, 2.75) is 55.7 Å². The summed E-state index contributed by atoms with van der Waals surface area (Å²) in [6.45, 7) is 3.42. The van der Waals surface area contributed by atoms with E-state index in [1.165, 1.54) is 57.3 Å². The highest BCUT2D eigenvalue weighted by Gasteiger charge is 2.78. The maximum atomic E-state index is 6.77. The van der Waals surface area contributed by atoms with Crippen LogP contribution in [-0.4, -0.2) is 36.4 Å². The van der Waals surface area contributed by atoms with Crippen molar-refractivity contribution < 1.29 is 4.74 Å². The molecule has 4 fully saturated rings. The molecule has 1 saturated carbocycles. The molecule has 4 heterocycles. The number of rotatable bonds is 0. The van der Waals surface area contributed by atoms with Crippen LogP contribution in [0.5, 0.6) is 0 Å². The number of hydrogen-bond acceptors (Lipinski definition) is 3. The van der Waals surface area contributed by atoms with E-state index in [9.17, 15) is 0 Å². The lowest BCUT2D eigenvalue weighted by molar-refractivity contribution is -0.230. The molecule has 3 heteroatoms. The fourth-order valence-electron chi connectivity index (χ4n) is 7.22. The Morgan fingerprint density at radius 3 is 3.05 bits per heavy atom. The summed E-state index contributed by atoms with van der Waals surface area (Å²) in [5.74, 6) is 0. The van der Waals surface area contributed by atoms with Gasteiger partial charge in [-0.2, -0.15) is 0 Å². The minimum Gasteiger partial charge on any atom is -0.381 e. The average Bonchev–Trinajstić information content (AvgIpc) is 3.19. The molecule has 1 aliphatic carbocycles. The normalized spacial score (nSPS) is 48.3. The van der Waals surface area contributed by atoms with Crippen LogP contribution in [0.3, 0.4) is 0 Å². The van der Waals surface area contributed by atoms with Crippen molar-refractivity contribution in [3.63, 3.8) is 0 Å². The van der Waals surface area contributed by atoms with Gasteiger partial charge in [0, 0.05) is 36.8 Å². The Bertz CT molecular complexity index is 661. The van der Waals surface area contributed by atoms with E-state index in [-0.39, 0.29) is 11.1 Å². The molecule has 0 bridgehead atoms. The van der Waals surface area contributed by atoms with E-state index in [0.717, 1.165) is 6.61 Å². The Hall–Kier alpha value is -1.06. The molecule has 0 unspecified atom stereocenters. The molecule has 1 aromatic carbocycles. The minimum atomic E-state index is -0.0131. The Morgan fingerprint density at radius 1 is 1.09 bits per heavy atom. The summed E-state index contributed by atoms with van der Waals surface area (Å²) in [5.41, 5.74) is 3.52. The predicted molar refractivity (Wildman–Crippen MR) is 85.9 cm³/mol. The van der Waals surface area contributed by atoms with Gasteiger partial charge in [0.25, 0.3) is 0 Å². The lowest BCUT2D eigenvalue weighted by Crippen LogP contribution is -2.72. The van der Waals surface area contributed by atoms with Gasteiger partial charge in [0.15, 0.2) is 0 Å². The lowest BCUT2D eigenvalue weighted by Gasteiger charge is -2.62. The van der Waals surface area contributed by atoms with Crippen molar-refractivity contribution in [2.24, 2.45) is 5.41 Å². The molecule has 1 N–H and O–H groups in total. The first kappa shape index (κ1) is 12.4. The highest BCUT2D eigenvalue weighted by molar-refractivity contribution is 5.65. The molecule has 4 atom stereocenters. The second-order valence-corrected chi connectivity index (χ2v) is 8.12. The second-order valence-electron chi connectivity index (χ2n) is 8.12. The Morgan fingerprint density at radius 2 is 2.05 bits per heavy atom. The molecular formula is C19H24N2O. The van der Waals surface area contributed by atoms with Crippen molar-refractivity contribution in [1.29, 1.82) is 0 Å². The van der Waals surface area contributed by atoms with Crippen molar-refractivity contribution >= 4 is 5.69 Å². The number of anilines is 1. The first-order chi connectivity index (χ1) is 10.8. The summed E-state index contributed by atoms with van der Waals surface area (Å²) in [7, 11) is 0. The van der Waals surface area contributed by atoms with Crippen LogP contribution in [0.15, 0.2) is 24.3 Å². The zero-order valence-corrected chi connectivity index (χ0v) is 13.1. The SMILES string of the molecule is c1ccc2c(c1)N[C@@H]1CC[C@@]34CCCN5CC[C@@]21[C@]53OCC4. The van der Waals surface area contributed by atoms with Crippen LogP contribution >= 0.6 is 0 Å². The Balaban J connectivity index is 1.67. The van der Waals surface area contributed by atoms with Gasteiger partial charge in [0.2, 0.25) is 0 Å². The van der Waals surface area contributed by atoms with Crippen LogP contribution in [0.1, 0.15) is 44.1 Å². The van der Waals surface area contributed by atoms with Crippen LogP contribution in [0.25, 0.3) is 0 Å². The first-order valence-corrected chi connectivity index (χ1v) is 9.08. The highest BCUT2D eigenvalue weighted by Crippen LogP contribution is 2.72. The molecule has 0 amide bonds. The molecule has 22 heavy (non-hydrogen) atoms. The van der Waals surface area contributed by atoms with E-state index in [1.807, 2.05) is 0 Å². The number of nitrogens with one attached hydrogen (secondary N) is 1. The van der Waals surface area contributed by atoms with E-state index in [1.54, 1.807) is 5.56 Å². The summed E-state index contributed by atoms with van der Waals surface area (Å²) < 4.78 is 6.77. The molecule has 0 radical (unpaired) electrons. The average molecular weight is 296 g/mol. The molecule has 116 valence electrons. The van der Waals surface area contributed by atoms with Crippen molar-refractivity contribution in [1.82, 2.24) is 4.90 Å². The Labute approximate surface area is 132 Å². The maximum Gasteiger partial charge on any atom is 0.139 e. The summed E-state index contributed by atoms with van der Waals surface area (Å²) in [5, 5.41) is 3.89. The number of benzene rings is 1. The van der Waals surface area contributed by atoms with Crippen molar-refractivity contribution in [3.05, 3.63) is 29.8 Å². The van der Waals surface area contributed by atoms with Gasteiger partial charge >= 0.3 is 0 Å². The van der Waals surface area contributed by atoms with Gasteiger partial charge in [0.05, 0.1) is 5.41 Å². The molecular weight excluding hydrogens is 272 g/mol. The van der Waals surface area contributed by atoms with Gasteiger partial charge in [-0.1, -0.05) is 18.2 Å². The maximum absolute atomic E-state index is 6.77. The van der Waals surface area contributed by atoms with Gasteiger partial charge in [0.1, 0.15) is 5.72 Å². The van der Waals surface area contributed by atoms with Crippen molar-refractivity contribution in [2.75, 3.05) is 25.0 Å². The van der Waals surface area contributed by atoms with E-state index in [4.69, 9.17) is 4.74 Å². The molecule has 0 aromatic heterocycles. The number of hydrogen-bond donors (Lipinski definition) is 1. The quantitative estimate of drug-likeness (QED) is 0.796. The smallest absolute Gasteiger partial charge is 0.139 e. The summed E-state index contributed by atoms with van der Waals surface area (Å²) in [6.07, 6.45) is 7.94. The lowest BCUT2D eigenvalue weighted by atomic mass is 9.50. The zero-order valence-electron chi connectivity index (χ0n) is 13.1. The van der Waals surface area contributed by atoms with Crippen LogP contribution < -0.4 is 5.32 Å². The third kappa shape index (κ3) is 1.03. The van der Waals surface area contributed by atoms with Crippen LogP contribution in [0.2, 0.25) is 0 Å². The summed E-state index contributed by atoms with van der Waals surface area (Å²) >= 11 is 0. The van der Waals surface area contributed by atoms with Gasteiger partial charge in [-0.25, -0.2) is 0 Å². The van der Waals surface area contributed by atoms with E-state index < -0.39 is 0 Å². The Kier molecular flexibility index (Phi) is 2.08. The van der Waals surface area contributed by atoms with E-state index in [0.29, 0.717) is 11.5 Å². The highest BCUT2D eigenvalue weighted by atomic mass is 16.5. The summed E-state index contributed by atoms with van der Waals surface area (Å²) in [4.78, 5) is 2.75. The topological polar surface area (TPSA) is 24.5 Å². The van der Waals surface area contributed by atoms with Gasteiger partial charge in [-0.05, 0) is 50.2 Å². The predicted octanol–water partition coefficient (Wildman–Crippen LogP) is 3.11. The summed E-state index contributed by atoms with van der Waals surface area (Å²) in [6, 6.07) is 9.63. The third-order valence-corrected chi connectivity index (χ3v) is 7.76. The van der Waals surface area contributed by atoms with Gasteiger partial charge < -0.3 is 10.1 Å². The fourth-order valence-corrected chi connectivity index (χ4v) is 7.22. The van der Waals surface area contributed by atoms with E-state index in [2.05, 4.69) is 34.5 Å². The molecule has 3 saturated heterocycles. The zero-order chi connectivity index (χ0) is 14.4. The van der Waals surface area contributed by atoms with Crippen LogP contribution in [-0.2, 0) is 10.2 Å². The molecule has 3 nitrogen and oxygen atoms in total. The number of para-hydroxylation sites is 1. The largest absolute Gasteiger partial charge is 0.381 e. The minimum absolute atomic E-state index is 0.0131. The standard InChI is InChI=1S/C19H24N2O/c1-2-5-15-14(4-1)18-9-12-21-11-3-7-17(8-6-16(18)20-15)10-13-22-19(17,18)21/h1-2,4-5,16,20H,3,6-13H2/t16-,17-,18-,19+/m1/s1. The van der Waals surface area contributed by atoms with Crippen LogP contribution in [0.4, 0.5) is 5.69 Å². The number of nitrogens with zero attached hydrogens (tertiary/aromatic N) is 1. The van der Waals surface area contributed by atoms with Gasteiger partial charge in [-0.15, -0.1) is 0 Å². The molecule has 5 aliphatic rings. The second kappa shape index (κ2) is 3.70. The number of ether oxygens (including phenoxy) is 1. The fraction of sp³-hybridized carbons (Fsp3) is 0.684. The van der Waals surface area contributed by atoms with Crippen LogP contribution in [0, 0.1) is 5.41 Å². The van der Waals surface area contributed by atoms with E-state index >= 15 is 0 Å². The molecule has 6 rings (SSSR count). The number of piperidine rings is 1. The molecule has 4 aliphatic heterocycles. The monoisotopic (exact) mass is 296 g/mol. The number of fused-ring (bicyclic) bond motifs is 1. The first-order valence-electron chi connectivity index (χ1n) is 9.08. The molecule has 1 aromatic rings. The van der Waals surface area contributed by atoms with Gasteiger partial charge in [-0.3, -0.25) is 4.90 Å². The third-order valence-electron chi connectivity index (χ3n) is 7.76. The molecule has 2 spiro atoms.